The highest BCUT2D eigenvalue weighted by atomic mass is 16.5. The Kier molecular flexibility index (Phi) is 7.98. The zero-order valence-electron chi connectivity index (χ0n) is 23.4. The summed E-state index contributed by atoms with van der Waals surface area (Å²) in [7, 11) is 0. The summed E-state index contributed by atoms with van der Waals surface area (Å²) in [5.74, 6) is 6.73. The summed E-state index contributed by atoms with van der Waals surface area (Å²) in [6.45, 7) is 21.1. The summed E-state index contributed by atoms with van der Waals surface area (Å²) < 4.78 is 12.1. The molecule has 3 aliphatic rings. The number of aryl methyl sites for hydroxylation is 2. The Balaban J connectivity index is 1.37. The van der Waals surface area contributed by atoms with Crippen molar-refractivity contribution in [1.29, 1.82) is 0 Å². The predicted molar refractivity (Wildman–Crippen MR) is 159 cm³/mol. The second-order valence-electron chi connectivity index (χ2n) is 11.8. The van der Waals surface area contributed by atoms with E-state index in [-0.39, 0.29) is 0 Å². The SMILES string of the molecule is C=CCOc1c(C)cc(C2CC3C4CC(c5cc(C)c(OCC=C)c(CC=C)c5)C(C4)C3C2)cc1CC=C. The summed E-state index contributed by atoms with van der Waals surface area (Å²) in [6.07, 6.45) is 14.7. The van der Waals surface area contributed by atoms with E-state index in [1.807, 2.05) is 24.3 Å². The lowest BCUT2D eigenvalue weighted by Gasteiger charge is -2.32. The van der Waals surface area contributed by atoms with Crippen molar-refractivity contribution in [3.8, 4) is 11.5 Å². The molecule has 0 saturated heterocycles. The molecule has 2 aromatic rings. The van der Waals surface area contributed by atoms with E-state index in [0.29, 0.717) is 25.0 Å². The molecule has 6 atom stereocenters. The van der Waals surface area contributed by atoms with Gasteiger partial charge >= 0.3 is 0 Å². The lowest BCUT2D eigenvalue weighted by atomic mass is 9.72. The summed E-state index contributed by atoms with van der Waals surface area (Å²) in [5.41, 5.74) is 8.04. The van der Waals surface area contributed by atoms with Crippen molar-refractivity contribution in [2.75, 3.05) is 13.2 Å². The first-order valence-corrected chi connectivity index (χ1v) is 14.4. The molecular formula is C36H44O2. The van der Waals surface area contributed by atoms with Crippen LogP contribution in [0.5, 0.6) is 11.5 Å². The third-order valence-electron chi connectivity index (χ3n) is 9.53. The van der Waals surface area contributed by atoms with Crippen LogP contribution in [0.25, 0.3) is 0 Å². The molecule has 0 N–H and O–H groups in total. The average Bonchev–Trinajstić information content (AvgIpc) is 3.60. The summed E-state index contributed by atoms with van der Waals surface area (Å²) >= 11 is 0. The van der Waals surface area contributed by atoms with E-state index in [4.69, 9.17) is 9.47 Å². The largest absolute Gasteiger partial charge is 0.489 e. The normalized spacial score (nSPS) is 27.1. The first-order valence-electron chi connectivity index (χ1n) is 14.4. The Labute approximate surface area is 230 Å². The number of ether oxygens (including phenoxy) is 2. The molecule has 2 heteroatoms. The molecule has 38 heavy (non-hydrogen) atoms. The van der Waals surface area contributed by atoms with Crippen LogP contribution < -0.4 is 9.47 Å². The summed E-state index contributed by atoms with van der Waals surface area (Å²) in [4.78, 5) is 0. The highest BCUT2D eigenvalue weighted by Gasteiger charge is 2.56. The Morgan fingerprint density at radius 2 is 1.21 bits per heavy atom. The van der Waals surface area contributed by atoms with Crippen LogP contribution in [0.3, 0.4) is 0 Å². The first-order chi connectivity index (χ1) is 18.5. The Morgan fingerprint density at radius 3 is 1.79 bits per heavy atom. The molecule has 200 valence electrons. The van der Waals surface area contributed by atoms with Crippen LogP contribution in [0.2, 0.25) is 0 Å². The van der Waals surface area contributed by atoms with Crippen molar-refractivity contribution in [3.05, 3.63) is 108 Å². The van der Waals surface area contributed by atoms with Crippen LogP contribution in [-0.2, 0) is 12.8 Å². The maximum Gasteiger partial charge on any atom is 0.126 e. The lowest BCUT2D eigenvalue weighted by Crippen LogP contribution is -2.23. The Morgan fingerprint density at radius 1 is 0.658 bits per heavy atom. The molecular weight excluding hydrogens is 464 g/mol. The van der Waals surface area contributed by atoms with Gasteiger partial charge in [-0.15, -0.1) is 13.2 Å². The fourth-order valence-corrected chi connectivity index (χ4v) is 8.24. The van der Waals surface area contributed by atoms with Gasteiger partial charge in [-0.05, 0) is 121 Å². The van der Waals surface area contributed by atoms with Crippen LogP contribution in [0, 0.1) is 37.5 Å². The van der Waals surface area contributed by atoms with Crippen molar-refractivity contribution in [2.45, 2.75) is 64.2 Å². The van der Waals surface area contributed by atoms with Crippen LogP contribution in [-0.4, -0.2) is 13.2 Å². The van der Waals surface area contributed by atoms with E-state index >= 15 is 0 Å². The van der Waals surface area contributed by atoms with Crippen LogP contribution in [0.15, 0.2) is 74.9 Å². The molecule has 2 bridgehead atoms. The van der Waals surface area contributed by atoms with E-state index in [9.17, 15) is 0 Å². The fraction of sp³-hybridized carbons (Fsp3) is 0.444. The second-order valence-corrected chi connectivity index (χ2v) is 11.8. The molecule has 2 nitrogen and oxygen atoms in total. The molecule has 6 unspecified atom stereocenters. The molecule has 3 saturated carbocycles. The molecule has 0 spiro atoms. The van der Waals surface area contributed by atoms with Crippen molar-refractivity contribution in [3.63, 3.8) is 0 Å². The van der Waals surface area contributed by atoms with Crippen molar-refractivity contribution >= 4 is 0 Å². The topological polar surface area (TPSA) is 18.5 Å². The van der Waals surface area contributed by atoms with Crippen molar-refractivity contribution < 1.29 is 9.47 Å². The van der Waals surface area contributed by atoms with E-state index in [1.54, 1.807) is 0 Å². The second kappa shape index (κ2) is 11.4. The third kappa shape index (κ3) is 4.91. The number of hydrogen-bond acceptors (Lipinski definition) is 2. The number of fused-ring (bicyclic) bond motifs is 5. The maximum atomic E-state index is 6.06. The van der Waals surface area contributed by atoms with Gasteiger partial charge in [0.05, 0.1) is 0 Å². The summed E-state index contributed by atoms with van der Waals surface area (Å²) in [6, 6.07) is 9.63. The van der Waals surface area contributed by atoms with E-state index < -0.39 is 0 Å². The van der Waals surface area contributed by atoms with Gasteiger partial charge in [-0.3, -0.25) is 0 Å². The third-order valence-corrected chi connectivity index (χ3v) is 9.53. The molecule has 3 fully saturated rings. The minimum absolute atomic E-state index is 0.540. The van der Waals surface area contributed by atoms with Gasteiger partial charge in [-0.25, -0.2) is 0 Å². The zero-order chi connectivity index (χ0) is 26.8. The van der Waals surface area contributed by atoms with Gasteiger partial charge in [-0.1, -0.05) is 61.7 Å². The number of benzene rings is 2. The van der Waals surface area contributed by atoms with E-state index in [1.165, 1.54) is 59.1 Å². The smallest absolute Gasteiger partial charge is 0.126 e. The van der Waals surface area contributed by atoms with Crippen LogP contribution in [0.4, 0.5) is 0 Å². The van der Waals surface area contributed by atoms with Crippen LogP contribution in [0.1, 0.15) is 70.9 Å². The molecule has 0 amide bonds. The highest BCUT2D eigenvalue weighted by molar-refractivity contribution is 5.48. The van der Waals surface area contributed by atoms with Gasteiger partial charge in [-0.2, -0.15) is 0 Å². The fourth-order valence-electron chi connectivity index (χ4n) is 8.24. The lowest BCUT2D eigenvalue weighted by molar-refractivity contribution is 0.232. The quantitative estimate of drug-likeness (QED) is 0.267. The van der Waals surface area contributed by atoms with Gasteiger partial charge in [0, 0.05) is 0 Å². The molecule has 3 aliphatic carbocycles. The zero-order valence-corrected chi connectivity index (χ0v) is 23.4. The molecule has 5 rings (SSSR count). The molecule has 0 aromatic heterocycles. The Hall–Kier alpha value is -3.00. The number of hydrogen-bond donors (Lipinski definition) is 0. The molecule has 0 aliphatic heterocycles. The maximum absolute atomic E-state index is 6.06. The van der Waals surface area contributed by atoms with E-state index in [0.717, 1.165) is 48.0 Å². The summed E-state index contributed by atoms with van der Waals surface area (Å²) in [5, 5.41) is 0. The minimum Gasteiger partial charge on any atom is -0.489 e. The number of rotatable bonds is 12. The Bertz CT molecular complexity index is 1220. The van der Waals surface area contributed by atoms with Gasteiger partial charge in [0.15, 0.2) is 0 Å². The van der Waals surface area contributed by atoms with Crippen molar-refractivity contribution in [1.82, 2.24) is 0 Å². The van der Waals surface area contributed by atoms with Crippen LogP contribution >= 0.6 is 0 Å². The predicted octanol–water partition coefficient (Wildman–Crippen LogP) is 8.82. The molecule has 2 aromatic carbocycles. The highest BCUT2D eigenvalue weighted by Crippen LogP contribution is 2.66. The van der Waals surface area contributed by atoms with Gasteiger partial charge in [0.25, 0.3) is 0 Å². The standard InChI is InChI=1S/C36H44O2/c1-7-11-25-17-27(15-23(5)35(25)37-13-9-3)28-19-31-30-21-32(34(22-30)33(31)20-28)29-16-24(6)36(38-14-10-4)26(18-29)12-8-2/h7-10,15-18,28,30-34H,1-4,11-14,19-22H2,5-6H3. The average molecular weight is 509 g/mol. The first kappa shape index (κ1) is 26.6. The number of allylic oxidation sites excluding steroid dienone is 2. The monoisotopic (exact) mass is 508 g/mol. The molecule has 0 heterocycles. The van der Waals surface area contributed by atoms with E-state index in [2.05, 4.69) is 64.4 Å². The van der Waals surface area contributed by atoms with Gasteiger partial charge < -0.3 is 9.47 Å². The van der Waals surface area contributed by atoms with Crippen molar-refractivity contribution in [2.24, 2.45) is 23.7 Å². The van der Waals surface area contributed by atoms with Gasteiger partial charge in [0.2, 0.25) is 0 Å². The molecule has 0 radical (unpaired) electrons. The van der Waals surface area contributed by atoms with Gasteiger partial charge in [0.1, 0.15) is 24.7 Å². The minimum atomic E-state index is 0.540.